The van der Waals surface area contributed by atoms with Crippen LogP contribution < -0.4 is 20.4 Å². The van der Waals surface area contributed by atoms with Gasteiger partial charge in [-0.2, -0.15) is 0 Å². The second-order valence-electron chi connectivity index (χ2n) is 7.32. The number of hydrogen-bond acceptors (Lipinski definition) is 1. The summed E-state index contributed by atoms with van der Waals surface area (Å²) in [7, 11) is 0. The predicted molar refractivity (Wildman–Crippen MR) is 104 cm³/mol. The molecule has 3 nitrogen and oxygen atoms in total. The van der Waals surface area contributed by atoms with Gasteiger partial charge < -0.3 is 4.81 Å². The van der Waals surface area contributed by atoms with Crippen molar-refractivity contribution in [3.8, 4) is 16.8 Å². The van der Waals surface area contributed by atoms with Gasteiger partial charge >= 0.3 is 6.85 Å². The molecule has 0 aliphatic carbocycles. The van der Waals surface area contributed by atoms with Crippen molar-refractivity contribution in [2.75, 3.05) is 4.81 Å². The molecule has 0 atom stereocenters. The molecule has 3 aliphatic heterocycles. The molecule has 3 aromatic carbocycles. The first-order valence-corrected chi connectivity index (χ1v) is 9.13. The second-order valence-corrected chi connectivity index (χ2v) is 7.32. The molecule has 3 aliphatic rings. The van der Waals surface area contributed by atoms with E-state index in [0.717, 1.165) is 6.54 Å². The molecule has 0 bridgehead atoms. The number of rotatable bonds is 0. The standard InChI is InChI=1S/C22H15BN3/c1-3-9-18-16(7-1)17-8-2-4-11-20(17)25-21-12-13-24-14-15-6-5-10-19(23(18)25)22(15)26(21)24/h1-13H,14H2/q+1. The van der Waals surface area contributed by atoms with E-state index < -0.39 is 0 Å². The molecule has 0 saturated carbocycles. The molecule has 0 amide bonds. The maximum absolute atomic E-state index is 2.52. The highest BCUT2D eigenvalue weighted by atomic mass is 15.5. The van der Waals surface area contributed by atoms with E-state index in [-0.39, 0.29) is 6.85 Å². The van der Waals surface area contributed by atoms with Crippen LogP contribution in [-0.2, 0) is 6.54 Å². The topological polar surface area (TPSA) is 12.0 Å². The summed E-state index contributed by atoms with van der Waals surface area (Å²) >= 11 is 0. The van der Waals surface area contributed by atoms with Gasteiger partial charge in [-0.15, -0.1) is 9.36 Å². The zero-order valence-electron chi connectivity index (χ0n) is 14.1. The van der Waals surface area contributed by atoms with E-state index in [2.05, 4.69) is 93.2 Å². The Hall–Kier alpha value is -3.27. The molecule has 4 heterocycles. The summed E-state index contributed by atoms with van der Waals surface area (Å²) in [6, 6.07) is 26.7. The van der Waals surface area contributed by atoms with Gasteiger partial charge in [-0.1, -0.05) is 60.7 Å². The number of aromatic nitrogens is 2. The van der Waals surface area contributed by atoms with Crippen molar-refractivity contribution in [2.24, 2.45) is 0 Å². The SMILES string of the molecule is c1ccc2c(c1)B1c3cccc4c3-n3c(cc[n+]3C4)N1c1ccccc1-2. The lowest BCUT2D eigenvalue weighted by molar-refractivity contribution is -0.750. The highest BCUT2D eigenvalue weighted by Crippen LogP contribution is 2.42. The average molecular weight is 332 g/mol. The van der Waals surface area contributed by atoms with Gasteiger partial charge in [0.25, 0.3) is 0 Å². The predicted octanol–water partition coefficient (Wildman–Crippen LogP) is 2.36. The summed E-state index contributed by atoms with van der Waals surface area (Å²) < 4.78 is 4.72. The Morgan fingerprint density at radius 3 is 2.54 bits per heavy atom. The van der Waals surface area contributed by atoms with Crippen LogP contribution >= 0.6 is 0 Å². The van der Waals surface area contributed by atoms with Crippen molar-refractivity contribution < 1.29 is 4.68 Å². The van der Waals surface area contributed by atoms with Crippen LogP contribution in [0, 0.1) is 0 Å². The van der Waals surface area contributed by atoms with Gasteiger partial charge in [0.15, 0.2) is 18.6 Å². The molecular weight excluding hydrogens is 317 g/mol. The highest BCUT2D eigenvalue weighted by molar-refractivity contribution is 6.91. The lowest BCUT2D eigenvalue weighted by Crippen LogP contribution is -2.61. The third kappa shape index (κ3) is 1.34. The molecule has 0 saturated heterocycles. The quantitative estimate of drug-likeness (QED) is 0.313. The third-order valence-electron chi connectivity index (χ3n) is 6.07. The van der Waals surface area contributed by atoms with Crippen molar-refractivity contribution in [2.45, 2.75) is 6.54 Å². The zero-order valence-corrected chi connectivity index (χ0v) is 14.1. The molecular formula is C22H15BN3+. The number of nitrogens with zero attached hydrogens (tertiary/aromatic N) is 3. The van der Waals surface area contributed by atoms with Crippen LogP contribution in [0.15, 0.2) is 79.0 Å². The fourth-order valence-corrected chi connectivity index (χ4v) is 5.10. The van der Waals surface area contributed by atoms with E-state index >= 15 is 0 Å². The van der Waals surface area contributed by atoms with Crippen molar-refractivity contribution in [1.29, 1.82) is 0 Å². The van der Waals surface area contributed by atoms with E-state index in [0.29, 0.717) is 0 Å². The maximum atomic E-state index is 2.52. The Morgan fingerprint density at radius 1 is 0.769 bits per heavy atom. The van der Waals surface area contributed by atoms with E-state index in [1.807, 2.05) is 0 Å². The minimum Gasteiger partial charge on any atom is -0.358 e. The molecule has 0 fully saturated rings. The van der Waals surface area contributed by atoms with Crippen LogP contribution in [0.2, 0.25) is 0 Å². The number of anilines is 2. The Balaban J connectivity index is 1.67. The van der Waals surface area contributed by atoms with Gasteiger partial charge in [-0.05, 0) is 22.6 Å². The summed E-state index contributed by atoms with van der Waals surface area (Å²) in [5.41, 5.74) is 9.55. The van der Waals surface area contributed by atoms with Crippen LogP contribution in [0.1, 0.15) is 5.56 Å². The lowest BCUT2D eigenvalue weighted by atomic mass is 9.45. The van der Waals surface area contributed by atoms with E-state index in [9.17, 15) is 0 Å². The minimum atomic E-state index is 0.227. The highest BCUT2D eigenvalue weighted by Gasteiger charge is 2.47. The number of benzene rings is 3. The van der Waals surface area contributed by atoms with Crippen molar-refractivity contribution in [3.05, 3.63) is 84.6 Å². The molecule has 26 heavy (non-hydrogen) atoms. The van der Waals surface area contributed by atoms with Gasteiger partial charge in [0, 0.05) is 16.8 Å². The first kappa shape index (κ1) is 13.0. The molecule has 0 N–H and O–H groups in total. The van der Waals surface area contributed by atoms with Crippen LogP contribution in [-0.4, -0.2) is 11.5 Å². The van der Waals surface area contributed by atoms with Crippen molar-refractivity contribution in [3.63, 3.8) is 0 Å². The van der Waals surface area contributed by atoms with Gasteiger partial charge in [-0.25, -0.2) is 0 Å². The maximum Gasteiger partial charge on any atom is 0.332 e. The molecule has 0 unspecified atom stereocenters. The van der Waals surface area contributed by atoms with E-state index in [4.69, 9.17) is 0 Å². The molecule has 0 radical (unpaired) electrons. The number of para-hydroxylation sites is 2. The molecule has 4 aromatic rings. The lowest BCUT2D eigenvalue weighted by Gasteiger charge is -2.40. The molecule has 1 aromatic heterocycles. The summed E-state index contributed by atoms with van der Waals surface area (Å²) in [5.74, 6) is 1.26. The zero-order chi connectivity index (χ0) is 16.8. The average Bonchev–Trinajstić information content (AvgIpc) is 3.27. The van der Waals surface area contributed by atoms with Gasteiger partial charge in [0.1, 0.15) is 5.69 Å². The fraction of sp³-hybridized carbons (Fsp3) is 0.0455. The smallest absolute Gasteiger partial charge is 0.332 e. The summed E-state index contributed by atoms with van der Waals surface area (Å²) in [4.78, 5) is 2.52. The molecule has 4 heteroatoms. The monoisotopic (exact) mass is 332 g/mol. The number of hydrogen-bond donors (Lipinski definition) is 0. The van der Waals surface area contributed by atoms with Crippen molar-refractivity contribution in [1.82, 2.24) is 4.68 Å². The Labute approximate surface area is 151 Å². The third-order valence-corrected chi connectivity index (χ3v) is 6.07. The number of fused-ring (bicyclic) bond motifs is 8. The Kier molecular flexibility index (Phi) is 2.14. The summed E-state index contributed by atoms with van der Waals surface area (Å²) in [6.07, 6.45) is 2.21. The van der Waals surface area contributed by atoms with Crippen LogP contribution in [0.3, 0.4) is 0 Å². The first-order valence-electron chi connectivity index (χ1n) is 9.13. The van der Waals surface area contributed by atoms with Gasteiger partial charge in [0.2, 0.25) is 0 Å². The second kappa shape index (κ2) is 4.28. The first-order chi connectivity index (χ1) is 12.9. The van der Waals surface area contributed by atoms with E-state index in [1.54, 1.807) is 0 Å². The Bertz CT molecular complexity index is 1240. The summed E-state index contributed by atoms with van der Waals surface area (Å²) in [5, 5.41) is 0. The minimum absolute atomic E-state index is 0.227. The molecule has 7 rings (SSSR count). The fourth-order valence-electron chi connectivity index (χ4n) is 5.10. The van der Waals surface area contributed by atoms with E-state index in [1.165, 1.54) is 44.8 Å². The van der Waals surface area contributed by atoms with Crippen LogP contribution in [0.25, 0.3) is 16.8 Å². The normalized spacial score (nSPS) is 14.6. The largest absolute Gasteiger partial charge is 0.358 e. The van der Waals surface area contributed by atoms with Crippen LogP contribution in [0.5, 0.6) is 0 Å². The molecule has 120 valence electrons. The van der Waals surface area contributed by atoms with Gasteiger partial charge in [-0.3, -0.25) is 0 Å². The van der Waals surface area contributed by atoms with Gasteiger partial charge in [0.05, 0.1) is 6.07 Å². The van der Waals surface area contributed by atoms with Crippen LogP contribution in [0.4, 0.5) is 11.5 Å². The Morgan fingerprint density at radius 2 is 1.58 bits per heavy atom. The van der Waals surface area contributed by atoms with Crippen molar-refractivity contribution >= 4 is 29.3 Å². The summed E-state index contributed by atoms with van der Waals surface area (Å²) in [6.45, 7) is 1.18. The molecule has 0 spiro atoms.